The average molecular weight is 294 g/mol. The zero-order valence-electron chi connectivity index (χ0n) is 12.8. The van der Waals surface area contributed by atoms with Crippen molar-refractivity contribution in [2.45, 2.75) is 26.5 Å². The fourth-order valence-electron chi connectivity index (χ4n) is 2.57. The van der Waals surface area contributed by atoms with Gasteiger partial charge in [-0.05, 0) is 20.9 Å². The highest BCUT2D eigenvalue weighted by Crippen LogP contribution is 2.23. The first kappa shape index (κ1) is 15.8. The molecule has 0 radical (unpaired) electrons. The lowest BCUT2D eigenvalue weighted by atomic mass is 10.1. The molecule has 0 saturated carbocycles. The number of nitro groups is 1. The van der Waals surface area contributed by atoms with Gasteiger partial charge < -0.3 is 15.0 Å². The molecule has 21 heavy (non-hydrogen) atoms. The second-order valence-corrected chi connectivity index (χ2v) is 5.50. The number of hydrogen-bond donors (Lipinski definition) is 1. The molecule has 116 valence electrons. The number of aryl methyl sites for hydroxylation is 1. The summed E-state index contributed by atoms with van der Waals surface area (Å²) in [7, 11) is 2.07. The lowest BCUT2D eigenvalue weighted by Crippen LogP contribution is -2.44. The molecule has 1 aliphatic heterocycles. The van der Waals surface area contributed by atoms with Gasteiger partial charge in [0.05, 0.1) is 23.3 Å². The highest BCUT2D eigenvalue weighted by atomic mass is 16.6. The third-order valence-corrected chi connectivity index (χ3v) is 3.76. The number of hydrogen-bond acceptors (Lipinski definition) is 6. The molecular formula is C14H22N4O3. The predicted octanol–water partition coefficient (Wildman–Crippen LogP) is 1.03. The number of nitrogens with one attached hydrogen (secondary N) is 1. The maximum atomic E-state index is 11.1. The topological polar surface area (TPSA) is 80.5 Å². The van der Waals surface area contributed by atoms with E-state index in [4.69, 9.17) is 4.74 Å². The molecule has 1 aromatic rings. The first-order valence-electron chi connectivity index (χ1n) is 7.09. The van der Waals surface area contributed by atoms with Crippen molar-refractivity contribution in [3.05, 3.63) is 33.1 Å². The van der Waals surface area contributed by atoms with Crippen molar-refractivity contribution in [3.63, 3.8) is 0 Å². The van der Waals surface area contributed by atoms with Gasteiger partial charge in [-0.15, -0.1) is 0 Å². The van der Waals surface area contributed by atoms with E-state index >= 15 is 0 Å². The van der Waals surface area contributed by atoms with Crippen LogP contribution in [0.5, 0.6) is 0 Å². The number of pyridine rings is 1. The minimum absolute atomic E-state index is 0.157. The largest absolute Gasteiger partial charge is 0.374 e. The van der Waals surface area contributed by atoms with Gasteiger partial charge in [0.25, 0.3) is 5.69 Å². The maximum Gasteiger partial charge on any atom is 0.278 e. The van der Waals surface area contributed by atoms with Crippen LogP contribution in [0.1, 0.15) is 16.8 Å². The second kappa shape index (κ2) is 6.93. The van der Waals surface area contributed by atoms with Crippen LogP contribution < -0.4 is 5.32 Å². The Balaban J connectivity index is 1.94. The summed E-state index contributed by atoms with van der Waals surface area (Å²) in [6.07, 6.45) is 1.72. The molecule has 2 heterocycles. The lowest BCUT2D eigenvalue weighted by molar-refractivity contribution is -0.386. The van der Waals surface area contributed by atoms with Gasteiger partial charge in [0.1, 0.15) is 0 Å². The van der Waals surface area contributed by atoms with Crippen molar-refractivity contribution < 1.29 is 9.66 Å². The third-order valence-electron chi connectivity index (χ3n) is 3.76. The van der Waals surface area contributed by atoms with E-state index in [9.17, 15) is 10.1 Å². The summed E-state index contributed by atoms with van der Waals surface area (Å²) < 4.78 is 5.66. The molecule has 2 rings (SSSR count). The monoisotopic (exact) mass is 294 g/mol. The van der Waals surface area contributed by atoms with Crippen LogP contribution in [0.2, 0.25) is 0 Å². The van der Waals surface area contributed by atoms with Crippen molar-refractivity contribution >= 4 is 5.69 Å². The van der Waals surface area contributed by atoms with Crippen LogP contribution in [0, 0.1) is 24.0 Å². The van der Waals surface area contributed by atoms with Crippen LogP contribution in [0.25, 0.3) is 0 Å². The van der Waals surface area contributed by atoms with Crippen LogP contribution in [-0.2, 0) is 11.3 Å². The van der Waals surface area contributed by atoms with E-state index in [1.165, 1.54) is 0 Å². The van der Waals surface area contributed by atoms with Crippen molar-refractivity contribution in [3.8, 4) is 0 Å². The Hall–Kier alpha value is -1.57. The van der Waals surface area contributed by atoms with Crippen molar-refractivity contribution in [2.24, 2.45) is 0 Å². The smallest absolute Gasteiger partial charge is 0.278 e. The number of rotatable bonds is 5. The van der Waals surface area contributed by atoms with Gasteiger partial charge in [0.15, 0.2) is 0 Å². The molecule has 1 aliphatic rings. The summed E-state index contributed by atoms with van der Waals surface area (Å²) in [6.45, 7) is 7.29. The molecule has 7 heteroatoms. The Morgan fingerprint density at radius 1 is 1.57 bits per heavy atom. The number of aromatic nitrogens is 1. The summed E-state index contributed by atoms with van der Waals surface area (Å²) in [5.41, 5.74) is 2.11. The van der Waals surface area contributed by atoms with E-state index in [-0.39, 0.29) is 16.7 Å². The van der Waals surface area contributed by atoms with Gasteiger partial charge in [-0.3, -0.25) is 15.1 Å². The van der Waals surface area contributed by atoms with Gasteiger partial charge in [-0.25, -0.2) is 0 Å². The molecule has 0 bridgehead atoms. The van der Waals surface area contributed by atoms with E-state index in [1.54, 1.807) is 20.0 Å². The summed E-state index contributed by atoms with van der Waals surface area (Å²) in [4.78, 5) is 17.3. The molecule has 1 N–H and O–H groups in total. The van der Waals surface area contributed by atoms with Crippen molar-refractivity contribution in [1.82, 2.24) is 15.2 Å². The minimum Gasteiger partial charge on any atom is -0.374 e. The Kier molecular flexibility index (Phi) is 5.22. The highest BCUT2D eigenvalue weighted by Gasteiger charge is 2.20. The molecule has 0 aromatic carbocycles. The SMILES string of the molecule is Cc1cnc(CNCC2CN(C)CCO2)c(C)c1[N+](=O)[O-]. The fraction of sp³-hybridized carbons (Fsp3) is 0.643. The van der Waals surface area contributed by atoms with Crippen LogP contribution in [0.15, 0.2) is 6.20 Å². The van der Waals surface area contributed by atoms with E-state index in [1.807, 2.05) is 0 Å². The molecule has 1 aromatic heterocycles. The zero-order valence-corrected chi connectivity index (χ0v) is 12.8. The standard InChI is InChI=1S/C14H22N4O3/c1-10-6-16-13(11(2)14(10)18(19)20)8-15-7-12-9-17(3)4-5-21-12/h6,12,15H,4-5,7-9H2,1-3H3. The van der Waals surface area contributed by atoms with Crippen LogP contribution >= 0.6 is 0 Å². The Morgan fingerprint density at radius 2 is 2.33 bits per heavy atom. The normalized spacial score (nSPS) is 19.7. The Labute approximate surface area is 124 Å². The van der Waals surface area contributed by atoms with E-state index in [2.05, 4.69) is 22.2 Å². The highest BCUT2D eigenvalue weighted by molar-refractivity contribution is 5.47. The average Bonchev–Trinajstić information content (AvgIpc) is 2.41. The van der Waals surface area contributed by atoms with Crippen molar-refractivity contribution in [2.75, 3.05) is 33.3 Å². The molecule has 0 spiro atoms. The molecule has 1 unspecified atom stereocenters. The predicted molar refractivity (Wildman–Crippen MR) is 79.3 cm³/mol. The minimum atomic E-state index is -0.338. The van der Waals surface area contributed by atoms with Crippen LogP contribution in [0.4, 0.5) is 5.69 Å². The first-order chi connectivity index (χ1) is 9.99. The molecular weight excluding hydrogens is 272 g/mol. The summed E-state index contributed by atoms with van der Waals surface area (Å²) in [5.74, 6) is 0. The molecule has 1 fully saturated rings. The Morgan fingerprint density at radius 3 is 3.00 bits per heavy atom. The maximum absolute atomic E-state index is 11.1. The van der Waals surface area contributed by atoms with Gasteiger partial charge in [0, 0.05) is 43.5 Å². The zero-order chi connectivity index (χ0) is 15.4. The van der Waals surface area contributed by atoms with Gasteiger partial charge in [-0.1, -0.05) is 0 Å². The number of ether oxygens (including phenoxy) is 1. The number of likely N-dealkylation sites (N-methyl/N-ethyl adjacent to an activating group) is 1. The fourth-order valence-corrected chi connectivity index (χ4v) is 2.57. The molecule has 1 saturated heterocycles. The van der Waals surface area contributed by atoms with Crippen LogP contribution in [-0.4, -0.2) is 54.2 Å². The van der Waals surface area contributed by atoms with E-state index in [0.29, 0.717) is 24.2 Å². The summed E-state index contributed by atoms with van der Waals surface area (Å²) >= 11 is 0. The quantitative estimate of drug-likeness (QED) is 0.645. The third kappa shape index (κ3) is 3.96. The van der Waals surface area contributed by atoms with Gasteiger partial charge >= 0.3 is 0 Å². The molecule has 7 nitrogen and oxygen atoms in total. The lowest BCUT2D eigenvalue weighted by Gasteiger charge is -2.30. The first-order valence-corrected chi connectivity index (χ1v) is 7.09. The molecule has 1 atom stereocenters. The second-order valence-electron chi connectivity index (χ2n) is 5.50. The molecule has 0 aliphatic carbocycles. The molecule has 0 amide bonds. The van der Waals surface area contributed by atoms with E-state index < -0.39 is 0 Å². The number of nitrogens with zero attached hydrogens (tertiary/aromatic N) is 3. The summed E-state index contributed by atoms with van der Waals surface area (Å²) in [5, 5.41) is 14.4. The van der Waals surface area contributed by atoms with Crippen molar-refractivity contribution in [1.29, 1.82) is 0 Å². The summed E-state index contributed by atoms with van der Waals surface area (Å²) in [6, 6.07) is 0. The Bertz CT molecular complexity index is 521. The van der Waals surface area contributed by atoms with Gasteiger partial charge in [0.2, 0.25) is 0 Å². The van der Waals surface area contributed by atoms with Crippen LogP contribution in [0.3, 0.4) is 0 Å². The van der Waals surface area contributed by atoms with Gasteiger partial charge in [-0.2, -0.15) is 0 Å². The van der Waals surface area contributed by atoms with E-state index in [0.717, 1.165) is 25.4 Å². The number of morpholine rings is 1.